The Balaban J connectivity index is 1.43. The summed E-state index contributed by atoms with van der Waals surface area (Å²) >= 11 is 0. The lowest BCUT2D eigenvalue weighted by Crippen LogP contribution is -2.40. The first kappa shape index (κ1) is 17.7. The predicted octanol–water partition coefficient (Wildman–Crippen LogP) is 3.33. The quantitative estimate of drug-likeness (QED) is 0.876. The van der Waals surface area contributed by atoms with E-state index < -0.39 is 6.10 Å². The fourth-order valence-corrected chi connectivity index (χ4v) is 3.17. The largest absolute Gasteiger partial charge is 0.489 e. The zero-order chi connectivity index (χ0) is 18.6. The van der Waals surface area contributed by atoms with Crippen LogP contribution in [0.2, 0.25) is 0 Å². The van der Waals surface area contributed by atoms with Gasteiger partial charge in [0.25, 0.3) is 5.91 Å². The second-order valence-electron chi connectivity index (χ2n) is 6.80. The van der Waals surface area contributed by atoms with Crippen LogP contribution in [0.15, 0.2) is 42.5 Å². The van der Waals surface area contributed by atoms with E-state index in [0.29, 0.717) is 29.5 Å². The summed E-state index contributed by atoms with van der Waals surface area (Å²) < 4.78 is 22.9. The minimum absolute atomic E-state index is 0.112. The summed E-state index contributed by atoms with van der Waals surface area (Å²) in [5, 5.41) is 2.90. The van der Waals surface area contributed by atoms with E-state index in [2.05, 4.69) is 5.32 Å². The highest BCUT2D eigenvalue weighted by atomic mass is 16.6. The molecule has 1 N–H and O–H groups in total. The van der Waals surface area contributed by atoms with Crippen LogP contribution < -0.4 is 19.5 Å². The molecule has 1 saturated heterocycles. The molecule has 6 nitrogen and oxygen atoms in total. The van der Waals surface area contributed by atoms with Gasteiger partial charge in [-0.15, -0.1) is 0 Å². The summed E-state index contributed by atoms with van der Waals surface area (Å²) in [6.07, 6.45) is 1.46. The topological polar surface area (TPSA) is 66.0 Å². The summed E-state index contributed by atoms with van der Waals surface area (Å²) in [5.41, 5.74) is 1.67. The van der Waals surface area contributed by atoms with Crippen LogP contribution in [0, 0.1) is 6.92 Å². The summed E-state index contributed by atoms with van der Waals surface area (Å²) in [4.78, 5) is 12.7. The Bertz CT molecular complexity index is 816. The molecule has 142 valence electrons. The molecule has 2 aliphatic heterocycles. The van der Waals surface area contributed by atoms with Crippen molar-refractivity contribution in [3.63, 3.8) is 0 Å². The Hall–Kier alpha value is -2.73. The maximum absolute atomic E-state index is 12.7. The minimum atomic E-state index is -0.716. The van der Waals surface area contributed by atoms with Gasteiger partial charge in [-0.3, -0.25) is 4.79 Å². The fraction of sp³-hybridized carbons (Fsp3) is 0.381. The molecule has 0 radical (unpaired) electrons. The molecule has 0 aliphatic carbocycles. The molecule has 2 aromatic carbocycles. The Morgan fingerprint density at radius 2 is 2.07 bits per heavy atom. The molecule has 0 unspecified atom stereocenters. The number of para-hydroxylation sites is 2. The molecule has 2 atom stereocenters. The zero-order valence-corrected chi connectivity index (χ0v) is 15.3. The number of anilines is 1. The molecule has 0 bridgehead atoms. The molecule has 2 heterocycles. The van der Waals surface area contributed by atoms with Gasteiger partial charge in [0.15, 0.2) is 11.5 Å². The van der Waals surface area contributed by atoms with Crippen molar-refractivity contribution >= 4 is 11.6 Å². The minimum Gasteiger partial charge on any atom is -0.489 e. The Labute approximate surface area is 158 Å². The van der Waals surface area contributed by atoms with Crippen molar-refractivity contribution in [3.8, 4) is 17.2 Å². The van der Waals surface area contributed by atoms with Crippen molar-refractivity contribution in [2.45, 2.75) is 32.0 Å². The first-order chi connectivity index (χ1) is 13.2. The van der Waals surface area contributed by atoms with Crippen molar-refractivity contribution in [3.05, 3.63) is 48.0 Å². The first-order valence-corrected chi connectivity index (χ1v) is 9.23. The van der Waals surface area contributed by atoms with E-state index in [9.17, 15) is 4.79 Å². The molecule has 0 aromatic heterocycles. The fourth-order valence-electron chi connectivity index (χ4n) is 3.17. The molecule has 1 fully saturated rings. The maximum Gasteiger partial charge on any atom is 0.269 e. The molecule has 1 amide bonds. The van der Waals surface area contributed by atoms with Crippen LogP contribution in [-0.4, -0.2) is 37.9 Å². The van der Waals surface area contributed by atoms with Crippen LogP contribution in [0.5, 0.6) is 17.2 Å². The van der Waals surface area contributed by atoms with Crippen LogP contribution in [0.4, 0.5) is 5.69 Å². The van der Waals surface area contributed by atoms with Crippen LogP contribution in [0.1, 0.15) is 18.4 Å². The molecule has 4 rings (SSSR count). The standard InChI is InChI=1S/C21H23NO5/c1-14-8-9-16(19(11-14)25-12-15-5-4-10-24-15)22-21(23)20-13-26-17-6-2-3-7-18(17)27-20/h2-3,6-9,11,15,20H,4-5,10,12-13H2,1H3,(H,22,23)/t15-,20+/m0/s1. The lowest BCUT2D eigenvalue weighted by atomic mass is 10.2. The van der Waals surface area contributed by atoms with E-state index in [4.69, 9.17) is 18.9 Å². The van der Waals surface area contributed by atoms with Crippen molar-refractivity contribution < 1.29 is 23.7 Å². The third-order valence-corrected chi connectivity index (χ3v) is 4.64. The summed E-state index contributed by atoms with van der Waals surface area (Å²) in [5.74, 6) is 1.59. The lowest BCUT2D eigenvalue weighted by molar-refractivity contribution is -0.125. The number of rotatable bonds is 5. The van der Waals surface area contributed by atoms with Gasteiger partial charge in [-0.2, -0.15) is 0 Å². The third-order valence-electron chi connectivity index (χ3n) is 4.64. The number of carbonyl (C=O) groups excluding carboxylic acids is 1. The number of amides is 1. The average molecular weight is 369 g/mol. The van der Waals surface area contributed by atoms with Gasteiger partial charge in [0.05, 0.1) is 11.8 Å². The van der Waals surface area contributed by atoms with Crippen LogP contribution in [0.25, 0.3) is 0 Å². The van der Waals surface area contributed by atoms with Gasteiger partial charge in [0.1, 0.15) is 19.0 Å². The molecule has 0 saturated carbocycles. The molecular weight excluding hydrogens is 346 g/mol. The number of ether oxygens (including phenoxy) is 4. The Kier molecular flexibility index (Phi) is 5.16. The summed E-state index contributed by atoms with van der Waals surface area (Å²) in [7, 11) is 0. The average Bonchev–Trinajstić information content (AvgIpc) is 3.21. The third kappa shape index (κ3) is 4.17. The van der Waals surface area contributed by atoms with E-state index in [-0.39, 0.29) is 18.6 Å². The highest BCUT2D eigenvalue weighted by Gasteiger charge is 2.28. The van der Waals surface area contributed by atoms with Gasteiger partial charge in [0.2, 0.25) is 6.10 Å². The van der Waals surface area contributed by atoms with E-state index in [1.165, 1.54) is 0 Å². The van der Waals surface area contributed by atoms with Gasteiger partial charge in [-0.05, 0) is 49.6 Å². The van der Waals surface area contributed by atoms with Gasteiger partial charge in [-0.1, -0.05) is 18.2 Å². The Morgan fingerprint density at radius 1 is 1.22 bits per heavy atom. The monoisotopic (exact) mass is 369 g/mol. The molecule has 2 aliphatic rings. The van der Waals surface area contributed by atoms with E-state index in [0.717, 1.165) is 25.0 Å². The van der Waals surface area contributed by atoms with Crippen LogP contribution in [-0.2, 0) is 9.53 Å². The second-order valence-corrected chi connectivity index (χ2v) is 6.80. The van der Waals surface area contributed by atoms with Crippen molar-refractivity contribution in [2.24, 2.45) is 0 Å². The predicted molar refractivity (Wildman–Crippen MR) is 101 cm³/mol. The van der Waals surface area contributed by atoms with E-state index in [1.54, 1.807) is 6.07 Å². The maximum atomic E-state index is 12.7. The molecular formula is C21H23NO5. The highest BCUT2D eigenvalue weighted by Crippen LogP contribution is 2.32. The number of hydrogen-bond donors (Lipinski definition) is 1. The SMILES string of the molecule is Cc1ccc(NC(=O)[C@H]2COc3ccccc3O2)c(OC[C@@H]2CCCO2)c1. The second kappa shape index (κ2) is 7.88. The van der Waals surface area contributed by atoms with Crippen molar-refractivity contribution in [1.29, 1.82) is 0 Å². The van der Waals surface area contributed by atoms with E-state index >= 15 is 0 Å². The van der Waals surface area contributed by atoms with E-state index in [1.807, 2.05) is 43.3 Å². The van der Waals surface area contributed by atoms with Crippen LogP contribution >= 0.6 is 0 Å². The highest BCUT2D eigenvalue weighted by molar-refractivity contribution is 5.96. The van der Waals surface area contributed by atoms with Gasteiger partial charge in [0, 0.05) is 6.61 Å². The first-order valence-electron chi connectivity index (χ1n) is 9.23. The Morgan fingerprint density at radius 3 is 2.89 bits per heavy atom. The summed E-state index contributed by atoms with van der Waals surface area (Å²) in [6, 6.07) is 13.0. The van der Waals surface area contributed by atoms with Crippen molar-refractivity contribution in [1.82, 2.24) is 0 Å². The zero-order valence-electron chi connectivity index (χ0n) is 15.3. The number of carbonyl (C=O) groups is 1. The summed E-state index contributed by atoms with van der Waals surface area (Å²) in [6.45, 7) is 3.41. The number of fused-ring (bicyclic) bond motifs is 1. The molecule has 6 heteroatoms. The van der Waals surface area contributed by atoms with Crippen LogP contribution in [0.3, 0.4) is 0 Å². The number of aryl methyl sites for hydroxylation is 1. The van der Waals surface area contributed by atoms with Gasteiger partial charge in [-0.25, -0.2) is 0 Å². The van der Waals surface area contributed by atoms with Gasteiger partial charge < -0.3 is 24.3 Å². The lowest BCUT2D eigenvalue weighted by Gasteiger charge is -2.26. The molecule has 27 heavy (non-hydrogen) atoms. The smallest absolute Gasteiger partial charge is 0.269 e. The number of nitrogens with one attached hydrogen (secondary N) is 1. The molecule has 2 aromatic rings. The number of hydrogen-bond acceptors (Lipinski definition) is 5. The normalized spacial score (nSPS) is 20.9. The molecule has 0 spiro atoms. The van der Waals surface area contributed by atoms with Crippen molar-refractivity contribution in [2.75, 3.05) is 25.1 Å². The van der Waals surface area contributed by atoms with Gasteiger partial charge >= 0.3 is 0 Å². The number of benzene rings is 2.